The Morgan fingerprint density at radius 2 is 1.76 bits per heavy atom. The first-order chi connectivity index (χ1) is 16.5. The standard InChI is InChI=1S/C26H18N4O4/c27-13-17-6-1-2-7-18(17)14-29-15-19(21-9-3-4-10-23(21)29)12-22-24(31)28-26(33)30(25(22)32)16-20-8-5-11-34-20/h1-12,15H,14,16H2,(H,28,31,33)/b22-12+. The van der Waals surface area contributed by atoms with Crippen molar-refractivity contribution in [2.45, 2.75) is 13.1 Å². The lowest BCUT2D eigenvalue weighted by Gasteiger charge is -2.25. The molecule has 0 aliphatic carbocycles. The fraction of sp³-hybridized carbons (Fsp3) is 0.0769. The first-order valence-electron chi connectivity index (χ1n) is 10.5. The molecule has 2 aromatic carbocycles. The number of carbonyl (C=O) groups excluding carboxylic acids is 3. The second-order valence-electron chi connectivity index (χ2n) is 7.79. The number of carbonyl (C=O) groups is 3. The maximum Gasteiger partial charge on any atom is 0.331 e. The minimum Gasteiger partial charge on any atom is -0.467 e. The van der Waals surface area contributed by atoms with Crippen molar-refractivity contribution >= 4 is 34.8 Å². The first-order valence-corrected chi connectivity index (χ1v) is 10.5. The molecule has 1 aliphatic heterocycles. The van der Waals surface area contributed by atoms with Crippen LogP contribution in [0.15, 0.2) is 83.1 Å². The van der Waals surface area contributed by atoms with Gasteiger partial charge in [-0.2, -0.15) is 5.26 Å². The van der Waals surface area contributed by atoms with Gasteiger partial charge >= 0.3 is 6.03 Å². The molecule has 1 fully saturated rings. The number of rotatable bonds is 5. The van der Waals surface area contributed by atoms with Gasteiger partial charge in [-0.25, -0.2) is 4.79 Å². The van der Waals surface area contributed by atoms with Crippen molar-refractivity contribution in [3.8, 4) is 6.07 Å². The van der Waals surface area contributed by atoms with Gasteiger partial charge in [-0.15, -0.1) is 0 Å². The summed E-state index contributed by atoms with van der Waals surface area (Å²) in [6, 6.07) is 19.7. The quantitative estimate of drug-likeness (QED) is 0.367. The van der Waals surface area contributed by atoms with Gasteiger partial charge in [0.2, 0.25) is 0 Å². The fourth-order valence-electron chi connectivity index (χ4n) is 4.02. The van der Waals surface area contributed by atoms with Crippen LogP contribution in [-0.4, -0.2) is 27.3 Å². The zero-order valence-corrected chi connectivity index (χ0v) is 17.9. The van der Waals surface area contributed by atoms with Crippen molar-refractivity contribution in [1.29, 1.82) is 5.26 Å². The van der Waals surface area contributed by atoms with Crippen LogP contribution in [0.25, 0.3) is 17.0 Å². The lowest BCUT2D eigenvalue weighted by Crippen LogP contribution is -2.53. The van der Waals surface area contributed by atoms with E-state index in [0.29, 0.717) is 23.4 Å². The van der Waals surface area contributed by atoms with E-state index in [4.69, 9.17) is 4.42 Å². The molecule has 0 unspecified atom stereocenters. The third-order valence-electron chi connectivity index (χ3n) is 5.68. The van der Waals surface area contributed by atoms with Gasteiger partial charge in [0.05, 0.1) is 24.4 Å². The van der Waals surface area contributed by atoms with Gasteiger partial charge in [-0.05, 0) is 35.9 Å². The predicted octanol–water partition coefficient (Wildman–Crippen LogP) is 3.82. The van der Waals surface area contributed by atoms with Gasteiger partial charge in [0.15, 0.2) is 0 Å². The number of fused-ring (bicyclic) bond motifs is 1. The van der Waals surface area contributed by atoms with Gasteiger partial charge in [-0.3, -0.25) is 19.8 Å². The summed E-state index contributed by atoms with van der Waals surface area (Å²) in [7, 11) is 0. The van der Waals surface area contributed by atoms with E-state index in [1.54, 1.807) is 18.2 Å². The van der Waals surface area contributed by atoms with Gasteiger partial charge in [-0.1, -0.05) is 36.4 Å². The van der Waals surface area contributed by atoms with Crippen molar-refractivity contribution in [3.05, 3.63) is 101 Å². The minimum absolute atomic E-state index is 0.0883. The number of hydrogen-bond donors (Lipinski definition) is 1. The zero-order valence-electron chi connectivity index (χ0n) is 17.9. The Morgan fingerprint density at radius 1 is 0.971 bits per heavy atom. The van der Waals surface area contributed by atoms with E-state index in [-0.39, 0.29) is 12.1 Å². The van der Waals surface area contributed by atoms with Crippen LogP contribution in [-0.2, 0) is 22.7 Å². The lowest BCUT2D eigenvalue weighted by molar-refractivity contribution is -0.130. The number of barbiturate groups is 1. The van der Waals surface area contributed by atoms with Crippen LogP contribution in [0.1, 0.15) is 22.5 Å². The summed E-state index contributed by atoms with van der Waals surface area (Å²) in [5, 5.41) is 12.5. The molecule has 4 aromatic rings. The number of para-hydroxylation sites is 1. The summed E-state index contributed by atoms with van der Waals surface area (Å²) in [6.07, 6.45) is 4.77. The normalized spacial score (nSPS) is 15.1. The van der Waals surface area contributed by atoms with Gasteiger partial charge in [0, 0.05) is 29.2 Å². The Labute approximate surface area is 194 Å². The Kier molecular flexibility index (Phi) is 5.28. The molecule has 5 rings (SSSR count). The maximum atomic E-state index is 13.1. The summed E-state index contributed by atoms with van der Waals surface area (Å²) in [5.74, 6) is -1.03. The number of urea groups is 1. The summed E-state index contributed by atoms with van der Waals surface area (Å²) in [5.41, 5.74) is 2.82. The topological polar surface area (TPSA) is 108 Å². The number of aromatic nitrogens is 1. The molecule has 4 amide bonds. The van der Waals surface area contributed by atoms with Crippen LogP contribution in [0, 0.1) is 11.3 Å². The summed E-state index contributed by atoms with van der Waals surface area (Å²) in [4.78, 5) is 38.9. The highest BCUT2D eigenvalue weighted by molar-refractivity contribution is 6.31. The number of benzene rings is 2. The average Bonchev–Trinajstić information content (AvgIpc) is 3.48. The van der Waals surface area contributed by atoms with Crippen molar-refractivity contribution < 1.29 is 18.8 Å². The number of nitrogens with zero attached hydrogens (tertiary/aromatic N) is 3. The second kappa shape index (κ2) is 8.56. The van der Waals surface area contributed by atoms with Gasteiger partial charge in [0.25, 0.3) is 11.8 Å². The average molecular weight is 450 g/mol. The van der Waals surface area contributed by atoms with Crippen LogP contribution < -0.4 is 5.32 Å². The zero-order chi connectivity index (χ0) is 23.7. The van der Waals surface area contributed by atoms with Crippen LogP contribution in [0.4, 0.5) is 4.79 Å². The molecule has 0 saturated carbocycles. The van der Waals surface area contributed by atoms with E-state index in [9.17, 15) is 19.6 Å². The van der Waals surface area contributed by atoms with Crippen molar-refractivity contribution in [1.82, 2.24) is 14.8 Å². The van der Waals surface area contributed by atoms with Gasteiger partial charge < -0.3 is 8.98 Å². The predicted molar refractivity (Wildman–Crippen MR) is 123 cm³/mol. The molecule has 0 bridgehead atoms. The van der Waals surface area contributed by atoms with E-state index < -0.39 is 17.8 Å². The van der Waals surface area contributed by atoms with E-state index in [1.165, 1.54) is 12.3 Å². The number of nitriles is 1. The number of imide groups is 2. The van der Waals surface area contributed by atoms with Crippen molar-refractivity contribution in [2.75, 3.05) is 0 Å². The number of hydrogen-bond acceptors (Lipinski definition) is 5. The third-order valence-corrected chi connectivity index (χ3v) is 5.68. The van der Waals surface area contributed by atoms with Gasteiger partial charge in [0.1, 0.15) is 11.3 Å². The monoisotopic (exact) mass is 450 g/mol. The van der Waals surface area contributed by atoms with Crippen LogP contribution >= 0.6 is 0 Å². The molecule has 1 N–H and O–H groups in total. The molecule has 34 heavy (non-hydrogen) atoms. The SMILES string of the molecule is N#Cc1ccccc1Cn1cc(/C=C2\C(=O)NC(=O)N(Cc3ccco3)C2=O)c2ccccc21. The van der Waals surface area contributed by atoms with Crippen LogP contribution in [0.5, 0.6) is 0 Å². The molecule has 8 heteroatoms. The molecular formula is C26H18N4O4. The van der Waals surface area contributed by atoms with Crippen molar-refractivity contribution in [2.24, 2.45) is 0 Å². The first kappa shape index (κ1) is 21.0. The molecule has 3 heterocycles. The molecule has 166 valence electrons. The van der Waals surface area contributed by atoms with E-state index in [1.807, 2.05) is 53.2 Å². The smallest absolute Gasteiger partial charge is 0.331 e. The molecule has 0 spiro atoms. The molecule has 2 aromatic heterocycles. The summed E-state index contributed by atoms with van der Waals surface area (Å²) in [6.45, 7) is 0.353. The third kappa shape index (κ3) is 3.76. The molecule has 1 saturated heterocycles. The molecule has 1 aliphatic rings. The molecule has 0 atom stereocenters. The van der Waals surface area contributed by atoms with Crippen LogP contribution in [0.2, 0.25) is 0 Å². The molecular weight excluding hydrogens is 432 g/mol. The largest absolute Gasteiger partial charge is 0.467 e. The highest BCUT2D eigenvalue weighted by Gasteiger charge is 2.36. The maximum absolute atomic E-state index is 13.1. The molecule has 0 radical (unpaired) electrons. The fourth-order valence-corrected chi connectivity index (χ4v) is 4.02. The van der Waals surface area contributed by atoms with E-state index >= 15 is 0 Å². The highest BCUT2D eigenvalue weighted by Crippen LogP contribution is 2.26. The number of furan rings is 1. The van der Waals surface area contributed by atoms with Crippen LogP contribution in [0.3, 0.4) is 0 Å². The van der Waals surface area contributed by atoms with E-state index in [2.05, 4.69) is 11.4 Å². The number of amides is 4. The second-order valence-corrected chi connectivity index (χ2v) is 7.79. The Balaban J connectivity index is 1.54. The Bertz CT molecular complexity index is 1510. The highest BCUT2D eigenvalue weighted by atomic mass is 16.3. The van der Waals surface area contributed by atoms with Crippen molar-refractivity contribution in [3.63, 3.8) is 0 Å². The Morgan fingerprint density at radius 3 is 2.56 bits per heavy atom. The minimum atomic E-state index is -0.793. The Hall–Kier alpha value is -4.90. The summed E-state index contributed by atoms with van der Waals surface area (Å²) < 4.78 is 7.21. The molecule has 8 nitrogen and oxygen atoms in total. The van der Waals surface area contributed by atoms with E-state index in [0.717, 1.165) is 21.4 Å². The number of nitrogens with one attached hydrogen (secondary N) is 1. The summed E-state index contributed by atoms with van der Waals surface area (Å²) >= 11 is 0. The lowest BCUT2D eigenvalue weighted by atomic mass is 10.1.